The monoisotopic (exact) mass is 306 g/mol. The molecule has 1 aliphatic heterocycles. The summed E-state index contributed by atoms with van der Waals surface area (Å²) in [5, 5.41) is 12.2. The third-order valence-corrected chi connectivity index (χ3v) is 3.60. The van der Waals surface area contributed by atoms with Gasteiger partial charge in [-0.2, -0.15) is 0 Å². The number of aliphatic hydroxyl groups is 1. The molecule has 0 aliphatic carbocycles. The summed E-state index contributed by atoms with van der Waals surface area (Å²) in [5.41, 5.74) is 1.51. The van der Waals surface area contributed by atoms with E-state index in [0.717, 1.165) is 37.2 Å². The van der Waals surface area contributed by atoms with Crippen LogP contribution < -0.4 is 10.2 Å². The molecule has 0 saturated carbocycles. The van der Waals surface area contributed by atoms with E-state index in [9.17, 15) is 9.90 Å². The van der Waals surface area contributed by atoms with Crippen LogP contribution in [0.3, 0.4) is 0 Å². The standard InChI is InChI=1S/C17H26N2O3/c1-17(2,3)22-16(21)18-14-7-5-9-19(11-14)15-8-4-6-13(10-15)12-20/h4,6,8,10,14,20H,5,7,9,11-12H2,1-3H3,(H,18,21)/t14-/m0/s1. The zero-order valence-corrected chi connectivity index (χ0v) is 13.6. The highest BCUT2D eigenvalue weighted by atomic mass is 16.6. The summed E-state index contributed by atoms with van der Waals surface area (Å²) in [6.45, 7) is 7.34. The lowest BCUT2D eigenvalue weighted by atomic mass is 10.0. The molecular formula is C17H26N2O3. The molecule has 0 aromatic heterocycles. The van der Waals surface area contributed by atoms with E-state index < -0.39 is 5.60 Å². The van der Waals surface area contributed by atoms with E-state index in [2.05, 4.69) is 10.2 Å². The first-order chi connectivity index (χ1) is 10.4. The van der Waals surface area contributed by atoms with Crippen molar-refractivity contribution in [1.82, 2.24) is 5.32 Å². The molecule has 5 nitrogen and oxygen atoms in total. The van der Waals surface area contributed by atoms with Gasteiger partial charge in [0.1, 0.15) is 5.60 Å². The van der Waals surface area contributed by atoms with E-state index in [1.807, 2.05) is 45.0 Å². The molecule has 122 valence electrons. The van der Waals surface area contributed by atoms with Gasteiger partial charge in [0, 0.05) is 24.8 Å². The van der Waals surface area contributed by atoms with E-state index in [4.69, 9.17) is 4.74 Å². The summed E-state index contributed by atoms with van der Waals surface area (Å²) in [6, 6.07) is 7.97. The predicted molar refractivity (Wildman–Crippen MR) is 87.0 cm³/mol. The highest BCUT2D eigenvalue weighted by Crippen LogP contribution is 2.21. The Morgan fingerprint density at radius 2 is 2.23 bits per heavy atom. The lowest BCUT2D eigenvalue weighted by Crippen LogP contribution is -2.49. The van der Waals surface area contributed by atoms with E-state index in [1.165, 1.54) is 0 Å². The third kappa shape index (κ3) is 4.91. The van der Waals surface area contributed by atoms with Gasteiger partial charge in [0.15, 0.2) is 0 Å². The molecule has 1 saturated heterocycles. The van der Waals surface area contributed by atoms with Crippen LogP contribution in [-0.4, -0.2) is 35.9 Å². The Kier molecular flexibility index (Phi) is 5.29. The molecule has 22 heavy (non-hydrogen) atoms. The number of carbonyl (C=O) groups is 1. The maximum absolute atomic E-state index is 11.9. The van der Waals surface area contributed by atoms with E-state index in [-0.39, 0.29) is 18.7 Å². The number of piperidine rings is 1. The predicted octanol–water partition coefficient (Wildman–Crippen LogP) is 2.67. The first-order valence-corrected chi connectivity index (χ1v) is 7.81. The normalized spacial score (nSPS) is 18.9. The number of amides is 1. The highest BCUT2D eigenvalue weighted by Gasteiger charge is 2.24. The highest BCUT2D eigenvalue weighted by molar-refractivity contribution is 5.68. The first kappa shape index (κ1) is 16.6. The summed E-state index contributed by atoms with van der Waals surface area (Å²) in [7, 11) is 0. The molecule has 1 fully saturated rings. The molecule has 0 unspecified atom stereocenters. The SMILES string of the molecule is CC(C)(C)OC(=O)N[C@H]1CCCN(c2cccc(CO)c2)C1. The zero-order valence-electron chi connectivity index (χ0n) is 13.6. The second-order valence-electron chi connectivity index (χ2n) is 6.76. The van der Waals surface area contributed by atoms with Gasteiger partial charge < -0.3 is 20.1 Å². The number of hydrogen-bond acceptors (Lipinski definition) is 4. The molecule has 2 N–H and O–H groups in total. The largest absolute Gasteiger partial charge is 0.444 e. The molecule has 5 heteroatoms. The number of ether oxygens (including phenoxy) is 1. The number of benzene rings is 1. The molecule has 1 heterocycles. The van der Waals surface area contributed by atoms with Crippen LogP contribution in [0.5, 0.6) is 0 Å². The van der Waals surface area contributed by atoms with Crippen LogP contribution in [0.1, 0.15) is 39.2 Å². The van der Waals surface area contributed by atoms with Gasteiger partial charge in [0.25, 0.3) is 0 Å². The second kappa shape index (κ2) is 7.01. The van der Waals surface area contributed by atoms with E-state index >= 15 is 0 Å². The van der Waals surface area contributed by atoms with Crippen LogP contribution in [0, 0.1) is 0 Å². The zero-order chi connectivity index (χ0) is 16.2. The molecule has 0 spiro atoms. The minimum absolute atomic E-state index is 0.0429. The number of nitrogens with zero attached hydrogens (tertiary/aromatic N) is 1. The Balaban J connectivity index is 1.95. The smallest absolute Gasteiger partial charge is 0.407 e. The van der Waals surface area contributed by atoms with Gasteiger partial charge in [-0.1, -0.05) is 12.1 Å². The van der Waals surface area contributed by atoms with Gasteiger partial charge in [0.05, 0.1) is 6.61 Å². The van der Waals surface area contributed by atoms with Crippen LogP contribution in [0.2, 0.25) is 0 Å². The lowest BCUT2D eigenvalue weighted by Gasteiger charge is -2.35. The van der Waals surface area contributed by atoms with Gasteiger partial charge in [-0.25, -0.2) is 4.79 Å². The summed E-state index contributed by atoms with van der Waals surface area (Å²) in [4.78, 5) is 14.1. The molecule has 1 aliphatic rings. The Hall–Kier alpha value is -1.75. The minimum atomic E-state index is -0.478. The molecule has 1 aromatic rings. The van der Waals surface area contributed by atoms with E-state index in [0.29, 0.717) is 0 Å². The van der Waals surface area contributed by atoms with Gasteiger partial charge in [0.2, 0.25) is 0 Å². The maximum atomic E-state index is 11.9. The van der Waals surface area contributed by atoms with Crippen LogP contribution in [-0.2, 0) is 11.3 Å². The van der Waals surface area contributed by atoms with Crippen molar-refractivity contribution >= 4 is 11.8 Å². The molecule has 1 aromatic carbocycles. The number of anilines is 1. The minimum Gasteiger partial charge on any atom is -0.444 e. The number of hydrogen-bond donors (Lipinski definition) is 2. The van der Waals surface area contributed by atoms with Crippen LogP contribution >= 0.6 is 0 Å². The van der Waals surface area contributed by atoms with Crippen molar-refractivity contribution in [2.24, 2.45) is 0 Å². The fourth-order valence-electron chi connectivity index (χ4n) is 2.66. The van der Waals surface area contributed by atoms with E-state index in [1.54, 1.807) is 0 Å². The molecule has 2 rings (SSSR count). The summed E-state index contributed by atoms with van der Waals surface area (Å²) < 4.78 is 5.32. The number of alkyl carbamates (subject to hydrolysis) is 1. The Labute approximate surface area is 132 Å². The molecule has 1 amide bonds. The number of aliphatic hydroxyl groups excluding tert-OH is 1. The number of rotatable bonds is 3. The Bertz CT molecular complexity index is 511. The van der Waals surface area contributed by atoms with Gasteiger partial charge >= 0.3 is 6.09 Å². The van der Waals surface area contributed by atoms with Gasteiger partial charge in [-0.15, -0.1) is 0 Å². The van der Waals surface area contributed by atoms with Crippen molar-refractivity contribution in [3.05, 3.63) is 29.8 Å². The van der Waals surface area contributed by atoms with Crippen LogP contribution in [0.15, 0.2) is 24.3 Å². The Morgan fingerprint density at radius 3 is 2.91 bits per heavy atom. The number of nitrogens with one attached hydrogen (secondary N) is 1. The maximum Gasteiger partial charge on any atom is 0.407 e. The Morgan fingerprint density at radius 1 is 1.45 bits per heavy atom. The fraction of sp³-hybridized carbons (Fsp3) is 0.588. The van der Waals surface area contributed by atoms with Crippen LogP contribution in [0.25, 0.3) is 0 Å². The quantitative estimate of drug-likeness (QED) is 0.901. The second-order valence-corrected chi connectivity index (χ2v) is 6.76. The fourth-order valence-corrected chi connectivity index (χ4v) is 2.66. The third-order valence-electron chi connectivity index (χ3n) is 3.60. The number of carbonyl (C=O) groups excluding carboxylic acids is 1. The van der Waals surface area contributed by atoms with Crippen molar-refractivity contribution in [2.75, 3.05) is 18.0 Å². The van der Waals surface area contributed by atoms with Gasteiger partial charge in [-0.05, 0) is 51.3 Å². The molecule has 0 bridgehead atoms. The van der Waals surface area contributed by atoms with Crippen molar-refractivity contribution < 1.29 is 14.6 Å². The first-order valence-electron chi connectivity index (χ1n) is 7.81. The molecular weight excluding hydrogens is 280 g/mol. The average Bonchev–Trinajstić information content (AvgIpc) is 2.45. The summed E-state index contributed by atoms with van der Waals surface area (Å²) in [6.07, 6.45) is 1.61. The summed E-state index contributed by atoms with van der Waals surface area (Å²) in [5.74, 6) is 0. The molecule has 0 radical (unpaired) electrons. The van der Waals surface area contributed by atoms with Gasteiger partial charge in [-0.3, -0.25) is 0 Å². The topological polar surface area (TPSA) is 61.8 Å². The summed E-state index contributed by atoms with van der Waals surface area (Å²) >= 11 is 0. The van der Waals surface area contributed by atoms with Crippen molar-refractivity contribution in [3.63, 3.8) is 0 Å². The van der Waals surface area contributed by atoms with Crippen molar-refractivity contribution in [1.29, 1.82) is 0 Å². The average molecular weight is 306 g/mol. The van der Waals surface area contributed by atoms with Crippen molar-refractivity contribution in [2.45, 2.75) is 51.9 Å². The van der Waals surface area contributed by atoms with Crippen LogP contribution in [0.4, 0.5) is 10.5 Å². The van der Waals surface area contributed by atoms with Crippen molar-refractivity contribution in [3.8, 4) is 0 Å². The molecule has 1 atom stereocenters. The lowest BCUT2D eigenvalue weighted by molar-refractivity contribution is 0.0500.